The average molecular weight is 481 g/mol. The number of carbonyl (C=O) groups excluding carboxylic acids is 1. The molecule has 4 saturated carbocycles. The first-order valence-corrected chi connectivity index (χ1v) is 12.9. The lowest BCUT2D eigenvalue weighted by Crippen LogP contribution is -2.64. The van der Waals surface area contributed by atoms with Crippen LogP contribution < -0.4 is 0 Å². The average Bonchev–Trinajstić information content (AvgIpc) is 3.05. The number of carbonyl (C=O) groups is 1. The summed E-state index contributed by atoms with van der Waals surface area (Å²) < 4.78 is 11.1. The standard InChI is InChI=1S/C26H40O8/c1-13-10-26-11-14(13)5-6-16(26)24(2)7-4-8-25(3,17(24)9-18(26)28)23(32)34-22-21(31)20(30)19(29)15(12-27)33-22/h14-22,27-31H,1,4-12H2,2-3H3. The number of aliphatic hydroxyl groups is 5. The predicted molar refractivity (Wildman–Crippen MR) is 121 cm³/mol. The van der Waals surface area contributed by atoms with Gasteiger partial charge in [-0.2, -0.15) is 0 Å². The highest BCUT2D eigenvalue weighted by Crippen LogP contribution is 2.72. The summed E-state index contributed by atoms with van der Waals surface area (Å²) in [7, 11) is 0. The van der Waals surface area contributed by atoms with Gasteiger partial charge in [-0.1, -0.05) is 25.5 Å². The lowest BCUT2D eigenvalue weighted by Gasteiger charge is -2.65. The van der Waals surface area contributed by atoms with E-state index in [9.17, 15) is 30.3 Å². The molecule has 0 amide bonds. The third-order valence-electron chi connectivity index (χ3n) is 10.7. The lowest BCUT2D eigenvalue weighted by atomic mass is 9.40. The molecule has 1 saturated heterocycles. The molecule has 0 aromatic carbocycles. The molecule has 5 rings (SSSR count). The van der Waals surface area contributed by atoms with Crippen molar-refractivity contribution in [1.82, 2.24) is 0 Å². The fourth-order valence-electron chi connectivity index (χ4n) is 8.91. The van der Waals surface area contributed by atoms with E-state index in [1.807, 2.05) is 6.92 Å². The second-order valence-electron chi connectivity index (χ2n) is 12.3. The molecule has 12 atom stereocenters. The quantitative estimate of drug-likeness (QED) is 0.301. The summed E-state index contributed by atoms with van der Waals surface area (Å²) in [6, 6.07) is 0. The molecule has 5 fully saturated rings. The summed E-state index contributed by atoms with van der Waals surface area (Å²) >= 11 is 0. The number of allylic oxidation sites excluding steroid dienone is 1. The zero-order valence-corrected chi connectivity index (χ0v) is 20.2. The number of ether oxygens (including phenoxy) is 2. The Morgan fingerprint density at radius 1 is 1.09 bits per heavy atom. The van der Waals surface area contributed by atoms with Crippen molar-refractivity contribution in [3.8, 4) is 0 Å². The van der Waals surface area contributed by atoms with Crippen molar-refractivity contribution in [3.63, 3.8) is 0 Å². The van der Waals surface area contributed by atoms with Gasteiger partial charge in [-0.05, 0) is 75.0 Å². The smallest absolute Gasteiger partial charge is 0.314 e. The molecular weight excluding hydrogens is 440 g/mol. The molecule has 1 heterocycles. The van der Waals surface area contributed by atoms with Gasteiger partial charge in [0, 0.05) is 5.41 Å². The molecule has 1 spiro atoms. The van der Waals surface area contributed by atoms with Gasteiger partial charge < -0.3 is 35.0 Å². The Labute approximate surface area is 201 Å². The molecule has 8 heteroatoms. The zero-order valence-electron chi connectivity index (χ0n) is 20.2. The molecule has 2 bridgehead atoms. The third-order valence-corrected chi connectivity index (χ3v) is 10.7. The van der Waals surface area contributed by atoms with Gasteiger partial charge in [-0.15, -0.1) is 0 Å². The van der Waals surface area contributed by atoms with Crippen LogP contribution in [0.1, 0.15) is 65.2 Å². The maximum Gasteiger partial charge on any atom is 0.314 e. The minimum atomic E-state index is -1.62. The van der Waals surface area contributed by atoms with E-state index in [4.69, 9.17) is 9.47 Å². The number of rotatable bonds is 3. The number of hydrogen-bond donors (Lipinski definition) is 5. The van der Waals surface area contributed by atoms with E-state index in [1.54, 1.807) is 0 Å². The Balaban J connectivity index is 1.41. The molecule has 34 heavy (non-hydrogen) atoms. The summed E-state index contributed by atoms with van der Waals surface area (Å²) in [6.07, 6.45) is -0.892. The molecule has 8 nitrogen and oxygen atoms in total. The van der Waals surface area contributed by atoms with Crippen molar-refractivity contribution in [2.75, 3.05) is 6.61 Å². The van der Waals surface area contributed by atoms with Crippen LogP contribution in [0.5, 0.6) is 0 Å². The van der Waals surface area contributed by atoms with Crippen molar-refractivity contribution in [2.45, 2.75) is 102 Å². The fourth-order valence-corrected chi connectivity index (χ4v) is 8.91. The topological polar surface area (TPSA) is 137 Å². The maximum absolute atomic E-state index is 13.7. The largest absolute Gasteiger partial charge is 0.432 e. The van der Waals surface area contributed by atoms with Crippen LogP contribution in [0.25, 0.3) is 0 Å². The molecular formula is C26H40O8. The molecule has 192 valence electrons. The van der Waals surface area contributed by atoms with Gasteiger partial charge in [0.15, 0.2) is 0 Å². The van der Waals surface area contributed by atoms with Gasteiger partial charge in [-0.3, -0.25) is 4.79 Å². The SMILES string of the molecule is C=C1CC23CC1CCC2C1(C)CCCC(C)(C(=O)OC2OC(CO)C(O)C(O)C2O)C1CC3O. The first-order chi connectivity index (χ1) is 16.0. The lowest BCUT2D eigenvalue weighted by molar-refractivity contribution is -0.298. The third kappa shape index (κ3) is 3.29. The molecule has 0 aromatic rings. The summed E-state index contributed by atoms with van der Waals surface area (Å²) in [5.41, 5.74) is 0.103. The highest BCUT2D eigenvalue weighted by atomic mass is 16.7. The van der Waals surface area contributed by atoms with Crippen LogP contribution in [-0.4, -0.2) is 74.9 Å². The summed E-state index contributed by atoms with van der Waals surface area (Å²) in [4.78, 5) is 13.7. The first kappa shape index (κ1) is 24.7. The zero-order chi connectivity index (χ0) is 24.6. The van der Waals surface area contributed by atoms with Gasteiger partial charge in [0.2, 0.25) is 6.29 Å². The van der Waals surface area contributed by atoms with Crippen LogP contribution in [0.4, 0.5) is 0 Å². The van der Waals surface area contributed by atoms with Gasteiger partial charge in [0.1, 0.15) is 24.4 Å². The van der Waals surface area contributed by atoms with Crippen molar-refractivity contribution < 1.29 is 39.8 Å². The Morgan fingerprint density at radius 3 is 2.53 bits per heavy atom. The van der Waals surface area contributed by atoms with Crippen molar-refractivity contribution in [1.29, 1.82) is 0 Å². The first-order valence-electron chi connectivity index (χ1n) is 12.9. The van der Waals surface area contributed by atoms with E-state index in [0.29, 0.717) is 24.7 Å². The molecule has 0 radical (unpaired) electrons. The normalized spacial score (nSPS) is 54.8. The Hall–Kier alpha value is -1.03. The number of hydrogen-bond acceptors (Lipinski definition) is 8. The molecule has 12 unspecified atom stereocenters. The Kier molecular flexibility index (Phi) is 5.98. The molecule has 5 aliphatic rings. The summed E-state index contributed by atoms with van der Waals surface area (Å²) in [5, 5.41) is 51.5. The second kappa shape index (κ2) is 8.25. The highest BCUT2D eigenvalue weighted by molar-refractivity contribution is 5.77. The maximum atomic E-state index is 13.7. The van der Waals surface area contributed by atoms with E-state index < -0.39 is 54.8 Å². The fraction of sp³-hybridized carbons (Fsp3) is 0.885. The number of fused-ring (bicyclic) bond motifs is 3. The van der Waals surface area contributed by atoms with Crippen LogP contribution in [0.3, 0.4) is 0 Å². The molecule has 4 aliphatic carbocycles. The monoisotopic (exact) mass is 480 g/mol. The molecule has 1 aliphatic heterocycles. The minimum absolute atomic E-state index is 0.0952. The number of esters is 1. The van der Waals surface area contributed by atoms with Crippen LogP contribution in [-0.2, 0) is 14.3 Å². The Bertz CT molecular complexity index is 845. The van der Waals surface area contributed by atoms with E-state index in [0.717, 1.165) is 38.5 Å². The van der Waals surface area contributed by atoms with Crippen molar-refractivity contribution >= 4 is 5.97 Å². The van der Waals surface area contributed by atoms with Crippen molar-refractivity contribution in [2.24, 2.45) is 34.0 Å². The second-order valence-corrected chi connectivity index (χ2v) is 12.3. The van der Waals surface area contributed by atoms with Crippen LogP contribution >= 0.6 is 0 Å². The predicted octanol–water partition coefficient (Wildman–Crippen LogP) is 1.27. The van der Waals surface area contributed by atoms with Gasteiger partial charge >= 0.3 is 5.97 Å². The number of aliphatic hydroxyl groups excluding tert-OH is 5. The van der Waals surface area contributed by atoms with E-state index in [1.165, 1.54) is 5.57 Å². The van der Waals surface area contributed by atoms with E-state index in [2.05, 4.69) is 13.5 Å². The van der Waals surface area contributed by atoms with Crippen molar-refractivity contribution in [3.05, 3.63) is 12.2 Å². The summed E-state index contributed by atoms with van der Waals surface area (Å²) in [6.45, 7) is 7.92. The van der Waals surface area contributed by atoms with E-state index >= 15 is 0 Å². The van der Waals surface area contributed by atoms with Crippen LogP contribution in [0, 0.1) is 34.0 Å². The Morgan fingerprint density at radius 2 is 1.82 bits per heavy atom. The van der Waals surface area contributed by atoms with Crippen LogP contribution in [0.2, 0.25) is 0 Å². The van der Waals surface area contributed by atoms with Gasteiger partial charge in [0.05, 0.1) is 18.1 Å². The van der Waals surface area contributed by atoms with Gasteiger partial charge in [-0.25, -0.2) is 0 Å². The highest BCUT2D eigenvalue weighted by Gasteiger charge is 2.68. The summed E-state index contributed by atoms with van der Waals surface area (Å²) in [5.74, 6) is 0.184. The molecule has 0 aromatic heterocycles. The van der Waals surface area contributed by atoms with E-state index in [-0.39, 0.29) is 16.7 Å². The minimum Gasteiger partial charge on any atom is -0.432 e. The molecule has 5 N–H and O–H groups in total. The van der Waals surface area contributed by atoms with Crippen LogP contribution in [0.15, 0.2) is 12.2 Å². The van der Waals surface area contributed by atoms with Gasteiger partial charge in [0.25, 0.3) is 0 Å².